The van der Waals surface area contributed by atoms with Gasteiger partial charge in [0.25, 0.3) is 0 Å². The number of hydrogen-bond donors (Lipinski definition) is 0. The van der Waals surface area contributed by atoms with E-state index in [1.54, 1.807) is 0 Å². The van der Waals surface area contributed by atoms with E-state index in [1.165, 1.54) is 65.9 Å². The zero-order valence-corrected chi connectivity index (χ0v) is 44.5. The van der Waals surface area contributed by atoms with E-state index in [2.05, 4.69) is 280 Å². The zero-order chi connectivity index (χ0) is 47.6. The topological polar surface area (TPSA) is 22.8 Å². The monoisotopic (exact) mass is 1050 g/mol. The Morgan fingerprint density at radius 1 is 0.348 bits per heavy atom. The Morgan fingerprint density at radius 2 is 0.576 bits per heavy atom. The van der Waals surface area contributed by atoms with Crippen LogP contribution in [0, 0.1) is 0 Å². The minimum atomic E-state index is 0.0456. The van der Waals surface area contributed by atoms with Crippen molar-refractivity contribution in [3.8, 4) is 11.4 Å². The molecule has 3 heterocycles. The maximum atomic E-state index is 2.56. The number of fused-ring (bicyclic) bond motifs is 6. The van der Waals surface area contributed by atoms with Crippen LogP contribution in [0.25, 0.3) is 55.0 Å². The molecule has 0 unspecified atom stereocenters. The molecule has 342 valence electrons. The van der Waals surface area contributed by atoms with E-state index in [4.69, 9.17) is 0 Å². The molecule has 1 fully saturated rings. The van der Waals surface area contributed by atoms with Crippen molar-refractivity contribution < 1.29 is 19.4 Å². The summed E-state index contributed by atoms with van der Waals surface area (Å²) in [6.45, 7) is 27.7. The molecule has 1 aliphatic heterocycles. The van der Waals surface area contributed by atoms with Gasteiger partial charge in [-0.15, -0.1) is 0 Å². The summed E-state index contributed by atoms with van der Waals surface area (Å²) in [6, 6.07) is 46.8. The first kappa shape index (κ1) is 46.2. The standard InChI is InChI=1S/C57H68B2N6.Pt/c1-54(2,3)38-17-29-50-46(33-38)47-34-39(55(4,5)6)18-30-51(47)64(50)44-25-21-42(22-26-44)62-37-63(59(61(15)16)58(62)60(13)14)43-23-27-45(28-24-43)65-52-31-19-40(56(7,8)9)35-48(52)49-36-41(57(10,11)12)20-32-53(49)65;/h17-36H,1-16H3;. The molecule has 1 saturated heterocycles. The molecular formula is C57H68B2N6Pt. The Balaban J connectivity index is 1.11. The molecule has 9 rings (SSSR count). The first-order chi connectivity index (χ1) is 30.8. The quantitative estimate of drug-likeness (QED) is 0.155. The van der Waals surface area contributed by atoms with Crippen LogP contribution in [0.15, 0.2) is 121 Å². The second-order valence-electron chi connectivity index (χ2n) is 23.4. The van der Waals surface area contributed by atoms with Crippen LogP contribution in [0.1, 0.15) is 105 Å². The van der Waals surface area contributed by atoms with Gasteiger partial charge in [-0.25, -0.2) is 0 Å². The summed E-state index contributed by atoms with van der Waals surface area (Å²) in [5, 5.41) is 5.23. The summed E-state index contributed by atoms with van der Waals surface area (Å²) >= 11 is 2.56. The van der Waals surface area contributed by atoms with Crippen molar-refractivity contribution in [3.63, 3.8) is 0 Å². The molecule has 0 radical (unpaired) electrons. The molecule has 1 aliphatic rings. The van der Waals surface area contributed by atoms with Crippen LogP contribution >= 0.6 is 0 Å². The predicted molar refractivity (Wildman–Crippen MR) is 285 cm³/mol. The summed E-state index contributed by atoms with van der Waals surface area (Å²) in [7, 11) is 8.81. The predicted octanol–water partition coefficient (Wildman–Crippen LogP) is 13.2. The fourth-order valence-electron chi connectivity index (χ4n) is 10.1. The van der Waals surface area contributed by atoms with E-state index < -0.39 is 0 Å². The second-order valence-corrected chi connectivity index (χ2v) is 24.4. The van der Waals surface area contributed by atoms with E-state index in [-0.39, 0.29) is 35.4 Å². The molecule has 6 nitrogen and oxygen atoms in total. The van der Waals surface area contributed by atoms with E-state index >= 15 is 0 Å². The fraction of sp³-hybridized carbons (Fsp3) is 0.351. The van der Waals surface area contributed by atoms with Gasteiger partial charge in [0.1, 0.15) is 0 Å². The Kier molecular flexibility index (Phi) is 11.3. The van der Waals surface area contributed by atoms with Crippen LogP contribution in [0.3, 0.4) is 0 Å². The van der Waals surface area contributed by atoms with Crippen molar-refractivity contribution in [1.29, 1.82) is 0 Å². The van der Waals surface area contributed by atoms with Crippen molar-refractivity contribution in [2.45, 2.75) is 105 Å². The third kappa shape index (κ3) is 7.89. The maximum absolute atomic E-state index is 2.56. The molecular weight excluding hydrogens is 985 g/mol. The van der Waals surface area contributed by atoms with E-state index in [9.17, 15) is 0 Å². The van der Waals surface area contributed by atoms with Crippen molar-refractivity contribution in [3.05, 3.63) is 144 Å². The third-order valence-electron chi connectivity index (χ3n) is 14.0. The SMILES string of the molecule is CN(C)B1B(N(C)C)N(c2ccc(-n3c4ccc(C(C)(C)C)cc4c4cc(C(C)(C)C)ccc43)cc2)[C](=[Pt])N1c1ccc(-n2c3ccc(C(C)(C)C)cc3c3cc(C(C)(C)C)ccc32)cc1. The molecule has 66 heavy (non-hydrogen) atoms. The average Bonchev–Trinajstić information content (AvgIpc) is 3.87. The summed E-state index contributed by atoms with van der Waals surface area (Å²) in [6.07, 6.45) is 0. The van der Waals surface area contributed by atoms with Crippen molar-refractivity contribution in [2.75, 3.05) is 37.8 Å². The van der Waals surface area contributed by atoms with Crippen LogP contribution in [0.2, 0.25) is 0 Å². The van der Waals surface area contributed by atoms with Gasteiger partial charge in [0.15, 0.2) is 0 Å². The molecule has 0 aliphatic carbocycles. The van der Waals surface area contributed by atoms with Gasteiger partial charge < -0.3 is 0 Å². The Bertz CT molecular complexity index is 2810. The van der Waals surface area contributed by atoms with Crippen LogP contribution in [-0.2, 0) is 41.0 Å². The van der Waals surface area contributed by atoms with Gasteiger partial charge in [-0.3, -0.25) is 0 Å². The van der Waals surface area contributed by atoms with Crippen LogP contribution < -0.4 is 9.62 Å². The number of aromatic nitrogens is 2. The van der Waals surface area contributed by atoms with Gasteiger partial charge in [0.2, 0.25) is 0 Å². The summed E-state index contributed by atoms with van der Waals surface area (Å²) in [5.74, 6) is 0. The van der Waals surface area contributed by atoms with Crippen LogP contribution in [-0.4, -0.2) is 64.8 Å². The van der Waals surface area contributed by atoms with Gasteiger partial charge in [0.05, 0.1) is 0 Å². The molecule has 0 amide bonds. The van der Waals surface area contributed by atoms with E-state index in [0.29, 0.717) is 0 Å². The molecule has 0 spiro atoms. The van der Waals surface area contributed by atoms with E-state index in [0.717, 1.165) is 26.9 Å². The number of hydrogen-bond acceptors (Lipinski definition) is 4. The van der Waals surface area contributed by atoms with Gasteiger partial charge in [-0.1, -0.05) is 83.1 Å². The van der Waals surface area contributed by atoms with Crippen molar-refractivity contribution in [1.82, 2.24) is 18.8 Å². The number of rotatable bonds is 6. The van der Waals surface area contributed by atoms with E-state index in [1.807, 2.05) is 0 Å². The van der Waals surface area contributed by atoms with Crippen molar-refractivity contribution >= 4 is 72.9 Å². The molecule has 9 heteroatoms. The summed E-state index contributed by atoms with van der Waals surface area (Å²) in [5.41, 5.74) is 15.2. The molecule has 6 aromatic carbocycles. The normalized spacial score (nSPS) is 14.6. The minimum absolute atomic E-state index is 0.0456. The van der Waals surface area contributed by atoms with Gasteiger partial charge in [-0.2, -0.15) is 0 Å². The second kappa shape index (κ2) is 16.1. The number of benzene rings is 6. The fourth-order valence-corrected chi connectivity index (χ4v) is 11.3. The Morgan fingerprint density at radius 3 is 0.788 bits per heavy atom. The molecule has 8 aromatic rings. The summed E-state index contributed by atoms with van der Waals surface area (Å²) in [4.78, 5) is 9.73. The first-order valence-corrected chi connectivity index (χ1v) is 24.8. The van der Waals surface area contributed by atoms with Gasteiger partial charge >= 0.3 is 325 Å². The number of nitrogens with zero attached hydrogens (tertiary/aromatic N) is 6. The molecule has 0 bridgehead atoms. The van der Waals surface area contributed by atoms with Crippen LogP contribution in [0.4, 0.5) is 11.4 Å². The van der Waals surface area contributed by atoms with Gasteiger partial charge in [0, 0.05) is 0 Å². The average molecular weight is 1050 g/mol. The van der Waals surface area contributed by atoms with Crippen LogP contribution in [0.5, 0.6) is 0 Å². The number of anilines is 2. The van der Waals surface area contributed by atoms with Crippen molar-refractivity contribution in [2.24, 2.45) is 0 Å². The first-order valence-electron chi connectivity index (χ1n) is 23.6. The Labute approximate surface area is 406 Å². The Hall–Kier alpha value is -4.87. The molecule has 0 N–H and O–H groups in total. The molecule has 2 aromatic heterocycles. The molecule has 0 atom stereocenters. The third-order valence-corrected chi connectivity index (χ3v) is 15.1. The molecule has 0 saturated carbocycles. The zero-order valence-electron chi connectivity index (χ0n) is 42.2. The summed E-state index contributed by atoms with van der Waals surface area (Å²) < 4.78 is 6.07. The van der Waals surface area contributed by atoms with Gasteiger partial charge in [-0.05, 0) is 0 Å².